The van der Waals surface area contributed by atoms with Crippen LogP contribution >= 0.6 is 10.0 Å². The van der Waals surface area contributed by atoms with Crippen molar-refractivity contribution in [3.63, 3.8) is 0 Å². The molecule has 0 atom stereocenters. The Labute approximate surface area is 183 Å². The highest BCUT2D eigenvalue weighted by Crippen LogP contribution is 2.32. The zero-order chi connectivity index (χ0) is 23.6. The molecule has 31 heavy (non-hydrogen) atoms. The van der Waals surface area contributed by atoms with Gasteiger partial charge in [-0.3, -0.25) is 14.4 Å². The van der Waals surface area contributed by atoms with Gasteiger partial charge in [0.25, 0.3) is 17.6 Å². The van der Waals surface area contributed by atoms with E-state index in [-0.39, 0.29) is 22.6 Å². The second-order valence-electron chi connectivity index (χ2n) is 8.83. The van der Waals surface area contributed by atoms with Gasteiger partial charge in [-0.05, 0) is 69.9 Å². The summed E-state index contributed by atoms with van der Waals surface area (Å²) >= 11 is 0. The van der Waals surface area contributed by atoms with Crippen molar-refractivity contribution in [3.05, 3.63) is 52.7 Å². The van der Waals surface area contributed by atoms with E-state index >= 15 is 0 Å². The lowest BCUT2D eigenvalue weighted by molar-refractivity contribution is -0.118. The molecule has 0 saturated heterocycles. The van der Waals surface area contributed by atoms with Gasteiger partial charge in [0, 0.05) is 17.3 Å². The molecule has 166 valence electrons. The molecule has 0 radical (unpaired) electrons. The molecule has 8 heteroatoms. The number of nitrogens with one attached hydrogen (secondary N) is 2. The van der Waals surface area contributed by atoms with Crippen LogP contribution in [0.5, 0.6) is 0 Å². The van der Waals surface area contributed by atoms with Crippen molar-refractivity contribution in [2.45, 2.75) is 33.2 Å². The van der Waals surface area contributed by atoms with Crippen molar-refractivity contribution in [3.8, 4) is 11.2 Å². The number of hydrogen-bond donors (Lipinski definition) is 2. The van der Waals surface area contributed by atoms with Gasteiger partial charge in [-0.2, -0.15) is 10.0 Å². The molecular weight excluding hydrogens is 419 g/mol. The number of rotatable bonds is 4. The van der Waals surface area contributed by atoms with Crippen molar-refractivity contribution >= 4 is 33.3 Å². The van der Waals surface area contributed by atoms with Gasteiger partial charge in [-0.1, -0.05) is 5.92 Å². The highest BCUT2D eigenvalue weighted by Gasteiger charge is 2.26. The maximum Gasteiger partial charge on any atom is 0.296 e. The third-order valence-electron chi connectivity index (χ3n) is 3.80. The largest absolute Gasteiger partial charge is 0.457 e. The van der Waals surface area contributed by atoms with Crippen LogP contribution < -0.4 is 10.6 Å². The first-order chi connectivity index (χ1) is 14.2. The molecule has 1 heterocycles. The second kappa shape index (κ2) is 8.98. The Morgan fingerprint density at radius 2 is 1.74 bits per heavy atom. The maximum absolute atomic E-state index is 14.1. The predicted molar refractivity (Wildman–Crippen MR) is 122 cm³/mol. The molecule has 0 bridgehead atoms. The van der Waals surface area contributed by atoms with E-state index in [0.717, 1.165) is 0 Å². The van der Waals surface area contributed by atoms with Gasteiger partial charge in [0.2, 0.25) is 0 Å². The number of benzene rings is 1. The zero-order valence-corrected chi connectivity index (χ0v) is 19.5. The summed E-state index contributed by atoms with van der Waals surface area (Å²) < 4.78 is 19.4. The number of carbonyl (C=O) groups excluding carboxylic acids is 3. The van der Waals surface area contributed by atoms with Crippen molar-refractivity contribution in [2.75, 3.05) is 24.1 Å². The summed E-state index contributed by atoms with van der Waals surface area (Å²) in [7, 11) is -1.14. The highest BCUT2D eigenvalue weighted by molar-refractivity contribution is 8.35. The van der Waals surface area contributed by atoms with Crippen LogP contribution in [0.2, 0.25) is 0 Å². The Morgan fingerprint density at radius 1 is 1.10 bits per heavy atom. The number of furan rings is 1. The summed E-state index contributed by atoms with van der Waals surface area (Å²) in [6.07, 6.45) is 5.98. The van der Waals surface area contributed by atoms with E-state index in [2.05, 4.69) is 21.8 Å². The molecular formula is C23H27FN2O4S. The first-order valence-electron chi connectivity index (χ1n) is 9.45. The Bertz CT molecular complexity index is 1100. The Morgan fingerprint density at radius 3 is 2.32 bits per heavy atom. The Balaban J connectivity index is 2.23. The van der Waals surface area contributed by atoms with E-state index in [1.165, 1.54) is 31.2 Å². The van der Waals surface area contributed by atoms with E-state index < -0.39 is 39.0 Å². The molecule has 1 aromatic heterocycles. The molecule has 6 nitrogen and oxygen atoms in total. The minimum absolute atomic E-state index is 0.100. The van der Waals surface area contributed by atoms with E-state index in [9.17, 15) is 18.8 Å². The molecule has 0 saturated carbocycles. The summed E-state index contributed by atoms with van der Waals surface area (Å²) in [5.74, 6) is 0.0412. The standard InChI is InChI=1S/C23H27FN2O4S/c1-14-17(13-19(30-14)20(27)22(29)26-23(2,3)4)21(28)25-16-8-9-18(24)15(12-16)10-11-31(5,6)7/h8-9,12-13H,1-7H3,(H,25,28)(H,26,29). The summed E-state index contributed by atoms with van der Waals surface area (Å²) in [5.41, 5.74) is 0.0344. The third kappa shape index (κ3) is 7.00. The van der Waals surface area contributed by atoms with Crippen LogP contribution in [-0.2, 0) is 4.79 Å². The number of amides is 2. The Kier molecular flexibility index (Phi) is 7.02. The minimum Gasteiger partial charge on any atom is -0.457 e. The number of Topliss-reactive ketones (excluding diaryl/α,β-unsaturated/α-hetero) is 1. The van der Waals surface area contributed by atoms with E-state index in [0.29, 0.717) is 5.69 Å². The molecule has 0 aliphatic rings. The first kappa shape index (κ1) is 24.2. The van der Waals surface area contributed by atoms with Crippen LogP contribution in [0.1, 0.15) is 53.0 Å². The van der Waals surface area contributed by atoms with E-state index in [1.54, 1.807) is 20.8 Å². The summed E-state index contributed by atoms with van der Waals surface area (Å²) in [4.78, 5) is 37.1. The molecule has 0 unspecified atom stereocenters. The fraction of sp³-hybridized carbons (Fsp3) is 0.348. The van der Waals surface area contributed by atoms with Gasteiger partial charge in [0.05, 0.1) is 11.1 Å². The topological polar surface area (TPSA) is 88.4 Å². The highest BCUT2D eigenvalue weighted by atomic mass is 32.3. The van der Waals surface area contributed by atoms with Gasteiger partial charge in [-0.15, -0.1) is 0 Å². The molecule has 2 N–H and O–H groups in total. The third-order valence-corrected chi connectivity index (χ3v) is 4.51. The number of ketones is 1. The average molecular weight is 447 g/mol. The van der Waals surface area contributed by atoms with Crippen molar-refractivity contribution in [2.24, 2.45) is 0 Å². The molecule has 0 fully saturated rings. The fourth-order valence-electron chi connectivity index (χ4n) is 2.43. The number of aryl methyl sites for hydroxylation is 1. The van der Waals surface area contributed by atoms with Crippen LogP contribution in [0.15, 0.2) is 28.7 Å². The van der Waals surface area contributed by atoms with Crippen LogP contribution in [0.4, 0.5) is 10.1 Å². The van der Waals surface area contributed by atoms with Gasteiger partial charge in [0.1, 0.15) is 11.6 Å². The number of halogens is 1. The SMILES string of the molecule is Cc1oc(C(=O)C(=O)NC(C)(C)C)cc1C(=O)Nc1ccc(F)c(C#CS(C)(C)C)c1. The number of anilines is 1. The van der Waals surface area contributed by atoms with E-state index in [4.69, 9.17) is 4.42 Å². The van der Waals surface area contributed by atoms with Crippen LogP contribution in [0.3, 0.4) is 0 Å². The Hall–Kier alpha value is -3.05. The number of carbonyl (C=O) groups is 3. The van der Waals surface area contributed by atoms with Crippen molar-refractivity contribution in [1.29, 1.82) is 0 Å². The van der Waals surface area contributed by atoms with Gasteiger partial charge in [0.15, 0.2) is 5.76 Å². The summed E-state index contributed by atoms with van der Waals surface area (Å²) in [6, 6.07) is 5.32. The van der Waals surface area contributed by atoms with Crippen molar-refractivity contribution in [1.82, 2.24) is 5.32 Å². The molecule has 2 amide bonds. The smallest absolute Gasteiger partial charge is 0.296 e. The molecule has 2 rings (SSSR count). The quantitative estimate of drug-likeness (QED) is 0.421. The molecule has 2 aromatic rings. The molecule has 0 aliphatic heterocycles. The maximum atomic E-state index is 14.1. The van der Waals surface area contributed by atoms with Gasteiger partial charge >= 0.3 is 0 Å². The lowest BCUT2D eigenvalue weighted by Crippen LogP contribution is -2.44. The van der Waals surface area contributed by atoms with E-state index in [1.807, 2.05) is 18.8 Å². The minimum atomic E-state index is -1.14. The van der Waals surface area contributed by atoms with Gasteiger partial charge in [-0.25, -0.2) is 4.39 Å². The summed E-state index contributed by atoms with van der Waals surface area (Å²) in [5, 5.41) is 8.23. The van der Waals surface area contributed by atoms with Gasteiger partial charge < -0.3 is 15.1 Å². The molecule has 0 aliphatic carbocycles. The normalized spacial score (nSPS) is 11.9. The van der Waals surface area contributed by atoms with Crippen molar-refractivity contribution < 1.29 is 23.2 Å². The predicted octanol–water partition coefficient (Wildman–Crippen LogP) is 4.08. The second-order valence-corrected chi connectivity index (χ2v) is 12.7. The lowest BCUT2D eigenvalue weighted by Gasteiger charge is -2.19. The average Bonchev–Trinajstić information content (AvgIpc) is 3.01. The zero-order valence-electron chi connectivity index (χ0n) is 18.7. The lowest BCUT2D eigenvalue weighted by atomic mass is 10.1. The fourth-order valence-corrected chi connectivity index (χ4v) is 2.85. The monoisotopic (exact) mass is 446 g/mol. The van der Waals surface area contributed by atoms with Crippen LogP contribution in [0, 0.1) is 23.9 Å². The molecule has 0 spiro atoms. The van der Waals surface area contributed by atoms with Crippen LogP contribution in [0.25, 0.3) is 0 Å². The number of hydrogen-bond acceptors (Lipinski definition) is 4. The molecule has 1 aromatic carbocycles. The van der Waals surface area contributed by atoms with Crippen LogP contribution in [-0.4, -0.2) is 41.9 Å². The summed E-state index contributed by atoms with van der Waals surface area (Å²) in [6.45, 7) is 6.75. The first-order valence-corrected chi connectivity index (χ1v) is 12.3.